The number of aromatic hydroxyl groups is 1. The van der Waals surface area contributed by atoms with Gasteiger partial charge in [-0.05, 0) is 55.1 Å². The lowest BCUT2D eigenvalue weighted by Crippen LogP contribution is -2.46. The molecule has 0 saturated carbocycles. The molecule has 1 unspecified atom stereocenters. The highest BCUT2D eigenvalue weighted by Gasteiger charge is 2.36. The van der Waals surface area contributed by atoms with Crippen molar-refractivity contribution in [2.75, 3.05) is 12.0 Å². The van der Waals surface area contributed by atoms with Gasteiger partial charge in [0.25, 0.3) is 5.89 Å². The van der Waals surface area contributed by atoms with Gasteiger partial charge in [-0.1, -0.05) is 35.0 Å². The van der Waals surface area contributed by atoms with Gasteiger partial charge in [0.15, 0.2) is 11.5 Å². The van der Waals surface area contributed by atoms with Gasteiger partial charge in [0.05, 0.1) is 29.3 Å². The zero-order valence-electron chi connectivity index (χ0n) is 18.8. The second-order valence-corrected chi connectivity index (χ2v) is 8.83. The number of nitrogens with one attached hydrogen (secondary N) is 1. The predicted octanol–water partition coefficient (Wildman–Crippen LogP) is 5.52. The molecule has 172 valence electrons. The summed E-state index contributed by atoms with van der Waals surface area (Å²) in [6, 6.07) is 15.6. The SMILES string of the molecule is COc1ccc(C2NC(=O)N(c3ccc(C)cc3)C(C)=C2c2nc(-c3cccs3)no2)cc1O. The van der Waals surface area contributed by atoms with Gasteiger partial charge in [-0.15, -0.1) is 11.3 Å². The van der Waals surface area contributed by atoms with Gasteiger partial charge in [0, 0.05) is 5.70 Å². The minimum Gasteiger partial charge on any atom is -0.504 e. The van der Waals surface area contributed by atoms with Crippen LogP contribution in [-0.2, 0) is 0 Å². The van der Waals surface area contributed by atoms with E-state index in [2.05, 4.69) is 15.5 Å². The number of thiophene rings is 1. The molecule has 34 heavy (non-hydrogen) atoms. The Labute approximate surface area is 200 Å². The minimum absolute atomic E-state index is 0.0305. The van der Waals surface area contributed by atoms with Crippen LogP contribution in [0.25, 0.3) is 16.3 Å². The van der Waals surface area contributed by atoms with Crippen LogP contribution in [-0.4, -0.2) is 28.4 Å². The monoisotopic (exact) mass is 474 g/mol. The fourth-order valence-electron chi connectivity index (χ4n) is 4.00. The Balaban J connectivity index is 1.66. The Kier molecular flexibility index (Phi) is 5.54. The maximum atomic E-state index is 13.3. The van der Waals surface area contributed by atoms with Crippen LogP contribution in [0.15, 0.2) is 70.2 Å². The number of carbonyl (C=O) groups is 1. The third-order valence-corrected chi connectivity index (χ3v) is 6.58. The van der Waals surface area contributed by atoms with Crippen LogP contribution in [0, 0.1) is 6.92 Å². The summed E-state index contributed by atoms with van der Waals surface area (Å²) >= 11 is 1.51. The summed E-state index contributed by atoms with van der Waals surface area (Å²) in [4.78, 5) is 20.4. The Morgan fingerprint density at radius 2 is 1.94 bits per heavy atom. The number of phenolic OH excluding ortho intramolecular Hbond substituents is 1. The van der Waals surface area contributed by atoms with Crippen molar-refractivity contribution in [2.24, 2.45) is 0 Å². The summed E-state index contributed by atoms with van der Waals surface area (Å²) in [6.07, 6.45) is 0. The van der Waals surface area contributed by atoms with Gasteiger partial charge in [0.1, 0.15) is 0 Å². The van der Waals surface area contributed by atoms with E-state index in [1.54, 1.807) is 23.1 Å². The van der Waals surface area contributed by atoms with Gasteiger partial charge in [-0.2, -0.15) is 4.98 Å². The number of carbonyl (C=O) groups excluding carboxylic acids is 1. The molecule has 9 heteroatoms. The topological polar surface area (TPSA) is 101 Å². The number of allylic oxidation sites excluding steroid dienone is 1. The molecular weight excluding hydrogens is 452 g/mol. The third kappa shape index (κ3) is 3.80. The molecule has 2 aromatic carbocycles. The summed E-state index contributed by atoms with van der Waals surface area (Å²) in [6.45, 7) is 3.84. The number of amides is 2. The Bertz CT molecular complexity index is 1380. The molecule has 0 spiro atoms. The first-order valence-electron chi connectivity index (χ1n) is 10.6. The number of methoxy groups -OCH3 is 1. The first-order chi connectivity index (χ1) is 16.5. The molecule has 4 aromatic rings. The number of hydrogen-bond acceptors (Lipinski definition) is 7. The third-order valence-electron chi connectivity index (χ3n) is 5.71. The molecule has 8 nitrogen and oxygen atoms in total. The van der Waals surface area contributed by atoms with E-state index in [0.29, 0.717) is 40.0 Å². The van der Waals surface area contributed by atoms with Crippen molar-refractivity contribution >= 4 is 28.6 Å². The molecule has 1 aliphatic rings. The number of hydrogen-bond donors (Lipinski definition) is 2. The second kappa shape index (κ2) is 8.68. The maximum Gasteiger partial charge on any atom is 0.326 e. The summed E-state index contributed by atoms with van der Waals surface area (Å²) < 4.78 is 10.9. The number of nitrogens with zero attached hydrogens (tertiary/aromatic N) is 3. The van der Waals surface area contributed by atoms with E-state index in [1.165, 1.54) is 18.4 Å². The van der Waals surface area contributed by atoms with Crippen molar-refractivity contribution in [1.29, 1.82) is 0 Å². The van der Waals surface area contributed by atoms with Crippen molar-refractivity contribution in [2.45, 2.75) is 19.9 Å². The van der Waals surface area contributed by atoms with Crippen molar-refractivity contribution in [1.82, 2.24) is 15.5 Å². The fraction of sp³-hybridized carbons (Fsp3) is 0.160. The zero-order valence-corrected chi connectivity index (χ0v) is 19.6. The van der Waals surface area contributed by atoms with Crippen molar-refractivity contribution in [3.8, 4) is 22.2 Å². The lowest BCUT2D eigenvalue weighted by Gasteiger charge is -2.35. The molecule has 5 rings (SSSR count). The van der Waals surface area contributed by atoms with Gasteiger partial charge in [-0.25, -0.2) is 4.79 Å². The molecule has 2 N–H and O–H groups in total. The Hall–Kier alpha value is -4.11. The summed E-state index contributed by atoms with van der Waals surface area (Å²) in [5.41, 5.74) is 3.74. The van der Waals surface area contributed by atoms with Gasteiger partial charge < -0.3 is 19.7 Å². The molecule has 0 saturated heterocycles. The second-order valence-electron chi connectivity index (χ2n) is 7.88. The molecule has 0 radical (unpaired) electrons. The molecule has 0 fully saturated rings. The van der Waals surface area contributed by atoms with Crippen LogP contribution in [0.5, 0.6) is 11.5 Å². The van der Waals surface area contributed by atoms with E-state index < -0.39 is 6.04 Å². The highest BCUT2D eigenvalue weighted by Crippen LogP contribution is 2.41. The molecule has 0 bridgehead atoms. The fourth-order valence-corrected chi connectivity index (χ4v) is 4.65. The van der Waals surface area contributed by atoms with Crippen LogP contribution in [0.2, 0.25) is 0 Å². The highest BCUT2D eigenvalue weighted by atomic mass is 32.1. The molecule has 1 aliphatic heterocycles. The van der Waals surface area contributed by atoms with E-state index in [9.17, 15) is 9.90 Å². The average molecular weight is 475 g/mol. The van der Waals surface area contributed by atoms with Gasteiger partial charge in [0.2, 0.25) is 5.82 Å². The molecule has 3 heterocycles. The number of anilines is 1. The van der Waals surface area contributed by atoms with Crippen LogP contribution in [0.1, 0.15) is 30.0 Å². The van der Waals surface area contributed by atoms with Crippen LogP contribution in [0.3, 0.4) is 0 Å². The zero-order chi connectivity index (χ0) is 23.8. The molecule has 2 aromatic heterocycles. The largest absolute Gasteiger partial charge is 0.504 e. The molecule has 2 amide bonds. The Morgan fingerprint density at radius 1 is 1.15 bits per heavy atom. The number of rotatable bonds is 5. The number of ether oxygens (including phenoxy) is 1. The van der Waals surface area contributed by atoms with Crippen molar-refractivity contribution < 1.29 is 19.2 Å². The Morgan fingerprint density at radius 3 is 2.62 bits per heavy atom. The lowest BCUT2D eigenvalue weighted by atomic mass is 9.94. The van der Waals surface area contributed by atoms with E-state index in [0.717, 1.165) is 10.4 Å². The highest BCUT2D eigenvalue weighted by molar-refractivity contribution is 7.13. The van der Waals surface area contributed by atoms with Crippen LogP contribution < -0.4 is 15.0 Å². The predicted molar refractivity (Wildman–Crippen MR) is 130 cm³/mol. The first kappa shape index (κ1) is 21.7. The summed E-state index contributed by atoms with van der Waals surface area (Å²) in [7, 11) is 1.48. The lowest BCUT2D eigenvalue weighted by molar-refractivity contribution is 0.244. The number of aryl methyl sites for hydroxylation is 1. The molecule has 0 aliphatic carbocycles. The smallest absolute Gasteiger partial charge is 0.326 e. The number of aromatic nitrogens is 2. The standard InChI is InChI=1S/C25H22N4O4S/c1-14-6-9-17(10-7-14)29-15(2)21(24-27-23(28-33-24)20-5-4-12-34-20)22(26-25(29)31)16-8-11-19(32-3)18(30)13-16/h4-13,22,30H,1-3H3,(H,26,31). The van der Waals surface area contributed by atoms with E-state index in [1.807, 2.05) is 55.6 Å². The van der Waals surface area contributed by atoms with E-state index in [4.69, 9.17) is 9.26 Å². The first-order valence-corrected chi connectivity index (χ1v) is 11.5. The van der Waals surface area contributed by atoms with E-state index >= 15 is 0 Å². The van der Waals surface area contributed by atoms with Gasteiger partial charge in [-0.3, -0.25) is 4.90 Å². The summed E-state index contributed by atoms with van der Waals surface area (Å²) in [5.74, 6) is 1.07. The van der Waals surface area contributed by atoms with Crippen molar-refractivity contribution in [3.05, 3.63) is 82.7 Å². The number of urea groups is 1. The van der Waals surface area contributed by atoms with Crippen molar-refractivity contribution in [3.63, 3.8) is 0 Å². The average Bonchev–Trinajstić information content (AvgIpc) is 3.52. The normalized spacial score (nSPS) is 16.0. The maximum absolute atomic E-state index is 13.3. The van der Waals surface area contributed by atoms with Crippen LogP contribution >= 0.6 is 11.3 Å². The summed E-state index contributed by atoms with van der Waals surface area (Å²) in [5, 5.41) is 19.5. The van der Waals surface area contributed by atoms with Crippen LogP contribution in [0.4, 0.5) is 10.5 Å². The van der Waals surface area contributed by atoms with Gasteiger partial charge >= 0.3 is 6.03 Å². The number of benzene rings is 2. The quantitative estimate of drug-likeness (QED) is 0.395. The molecular formula is C25H22N4O4S. The van der Waals surface area contributed by atoms with E-state index in [-0.39, 0.29) is 11.8 Å². The molecule has 1 atom stereocenters. The number of phenols is 1. The minimum atomic E-state index is -0.623.